The van der Waals surface area contributed by atoms with Crippen LogP contribution in [0.4, 0.5) is 0 Å². The lowest BCUT2D eigenvalue weighted by molar-refractivity contribution is -0.132. The number of nitrogens with one attached hydrogen (secondary N) is 1. The first-order valence-corrected chi connectivity index (χ1v) is 22.6. The summed E-state index contributed by atoms with van der Waals surface area (Å²) in [4.78, 5) is 12.5. The SMILES string of the molecule is CCCCCCC/C=C/CCCC(O)C(O)C(CO)NC(=O)C(O)CCCCCCCCCCCCCCCCCCCCCCCCCCC. The molecule has 0 saturated heterocycles. The van der Waals surface area contributed by atoms with Crippen molar-refractivity contribution in [1.29, 1.82) is 0 Å². The fraction of sp³-hybridized carbons (Fsp3) is 0.933. The first kappa shape index (κ1) is 50.1. The van der Waals surface area contributed by atoms with E-state index in [0.717, 1.165) is 38.5 Å². The molecule has 51 heavy (non-hydrogen) atoms. The van der Waals surface area contributed by atoms with E-state index in [4.69, 9.17) is 0 Å². The van der Waals surface area contributed by atoms with Crippen molar-refractivity contribution in [3.63, 3.8) is 0 Å². The third kappa shape index (κ3) is 34.6. The molecule has 0 fully saturated rings. The number of hydrogen-bond donors (Lipinski definition) is 5. The van der Waals surface area contributed by atoms with Crippen LogP contribution in [0.2, 0.25) is 0 Å². The second-order valence-corrected chi connectivity index (χ2v) is 15.8. The quantitative estimate of drug-likeness (QED) is 0.0319. The molecule has 0 aliphatic carbocycles. The summed E-state index contributed by atoms with van der Waals surface area (Å²) in [6.07, 6.45) is 44.1. The topological polar surface area (TPSA) is 110 Å². The summed E-state index contributed by atoms with van der Waals surface area (Å²) < 4.78 is 0. The van der Waals surface area contributed by atoms with E-state index in [1.165, 1.54) is 173 Å². The third-order valence-corrected chi connectivity index (χ3v) is 10.7. The molecule has 0 radical (unpaired) electrons. The molecule has 0 spiro atoms. The Balaban J connectivity index is 3.61. The zero-order valence-corrected chi connectivity index (χ0v) is 34.1. The summed E-state index contributed by atoms with van der Waals surface area (Å²) >= 11 is 0. The van der Waals surface area contributed by atoms with Crippen LogP contribution in [0.15, 0.2) is 12.2 Å². The van der Waals surface area contributed by atoms with Crippen molar-refractivity contribution >= 4 is 5.91 Å². The van der Waals surface area contributed by atoms with Crippen LogP contribution in [-0.2, 0) is 4.79 Å². The van der Waals surface area contributed by atoms with E-state index in [0.29, 0.717) is 12.8 Å². The minimum absolute atomic E-state index is 0.368. The highest BCUT2D eigenvalue weighted by atomic mass is 16.3. The van der Waals surface area contributed by atoms with E-state index in [1.807, 2.05) is 0 Å². The van der Waals surface area contributed by atoms with Gasteiger partial charge < -0.3 is 25.7 Å². The zero-order valence-electron chi connectivity index (χ0n) is 34.1. The smallest absolute Gasteiger partial charge is 0.249 e. The lowest BCUT2D eigenvalue weighted by atomic mass is 10.00. The normalized spacial score (nSPS) is 14.2. The van der Waals surface area contributed by atoms with Gasteiger partial charge in [-0.05, 0) is 38.5 Å². The number of amides is 1. The lowest BCUT2D eigenvalue weighted by Crippen LogP contribution is -2.53. The van der Waals surface area contributed by atoms with Crippen LogP contribution in [0.25, 0.3) is 0 Å². The standard InChI is InChI=1S/C45H89NO5/c1-3-5-7-9-11-13-15-16-17-18-19-20-21-22-23-24-25-26-27-28-29-31-33-35-37-39-43(49)45(51)46-41(40-47)44(50)42(48)38-36-34-32-30-14-12-10-8-6-4-2/h30,32,41-44,47-50H,3-29,31,33-40H2,1-2H3,(H,46,51)/b32-30+. The predicted octanol–water partition coefficient (Wildman–Crippen LogP) is 11.8. The molecular formula is C45H89NO5. The number of carbonyl (C=O) groups is 1. The molecule has 0 bridgehead atoms. The van der Waals surface area contributed by atoms with E-state index in [-0.39, 0.29) is 0 Å². The van der Waals surface area contributed by atoms with Gasteiger partial charge >= 0.3 is 0 Å². The van der Waals surface area contributed by atoms with Crippen LogP contribution in [0.3, 0.4) is 0 Å². The molecule has 4 unspecified atom stereocenters. The maximum Gasteiger partial charge on any atom is 0.249 e. The number of aliphatic hydroxyl groups excluding tert-OH is 4. The highest BCUT2D eigenvalue weighted by molar-refractivity contribution is 5.80. The van der Waals surface area contributed by atoms with Crippen LogP contribution in [0.1, 0.15) is 239 Å². The molecule has 6 heteroatoms. The van der Waals surface area contributed by atoms with E-state index in [2.05, 4.69) is 31.3 Å². The summed E-state index contributed by atoms with van der Waals surface area (Å²) in [6, 6.07) is -0.995. The molecule has 304 valence electrons. The van der Waals surface area contributed by atoms with Gasteiger partial charge in [-0.25, -0.2) is 0 Å². The van der Waals surface area contributed by atoms with Crippen LogP contribution in [0.5, 0.6) is 0 Å². The summed E-state index contributed by atoms with van der Waals surface area (Å²) in [5, 5.41) is 43.5. The molecule has 4 atom stereocenters. The third-order valence-electron chi connectivity index (χ3n) is 10.7. The van der Waals surface area contributed by atoms with Crippen molar-refractivity contribution < 1.29 is 25.2 Å². The Bertz CT molecular complexity index is 731. The van der Waals surface area contributed by atoms with Gasteiger partial charge in [-0.1, -0.05) is 212 Å². The minimum Gasteiger partial charge on any atom is -0.394 e. The molecule has 0 aromatic heterocycles. The molecular weight excluding hydrogens is 634 g/mol. The van der Waals surface area contributed by atoms with Crippen molar-refractivity contribution in [3.8, 4) is 0 Å². The Kier molecular flexibility index (Phi) is 39.5. The maximum absolute atomic E-state index is 12.5. The second kappa shape index (κ2) is 40.2. The number of rotatable bonds is 41. The zero-order chi connectivity index (χ0) is 37.5. The molecule has 0 aromatic rings. The van der Waals surface area contributed by atoms with Crippen LogP contribution < -0.4 is 5.32 Å². The van der Waals surface area contributed by atoms with Gasteiger partial charge in [-0.3, -0.25) is 4.79 Å². The van der Waals surface area contributed by atoms with Crippen LogP contribution >= 0.6 is 0 Å². The van der Waals surface area contributed by atoms with Gasteiger partial charge in [0.15, 0.2) is 0 Å². The van der Waals surface area contributed by atoms with Gasteiger partial charge in [0.05, 0.1) is 18.8 Å². The molecule has 0 heterocycles. The molecule has 0 rings (SSSR count). The van der Waals surface area contributed by atoms with Crippen molar-refractivity contribution in [2.45, 2.75) is 263 Å². The van der Waals surface area contributed by atoms with Crippen molar-refractivity contribution in [2.75, 3.05) is 6.61 Å². The lowest BCUT2D eigenvalue weighted by Gasteiger charge is -2.27. The molecule has 0 saturated carbocycles. The maximum atomic E-state index is 12.5. The van der Waals surface area contributed by atoms with E-state index < -0.39 is 36.9 Å². The Labute approximate surface area is 317 Å². The highest BCUT2D eigenvalue weighted by Crippen LogP contribution is 2.17. The Morgan fingerprint density at radius 2 is 0.804 bits per heavy atom. The second-order valence-electron chi connectivity index (χ2n) is 15.8. The van der Waals surface area contributed by atoms with E-state index in [9.17, 15) is 25.2 Å². The summed E-state index contributed by atoms with van der Waals surface area (Å²) in [6.45, 7) is 4.02. The van der Waals surface area contributed by atoms with Crippen molar-refractivity contribution in [2.24, 2.45) is 0 Å². The number of unbranched alkanes of at least 4 members (excludes halogenated alkanes) is 30. The van der Waals surface area contributed by atoms with Crippen molar-refractivity contribution in [3.05, 3.63) is 12.2 Å². The molecule has 1 amide bonds. The van der Waals surface area contributed by atoms with Crippen LogP contribution in [0, 0.1) is 0 Å². The van der Waals surface area contributed by atoms with Crippen molar-refractivity contribution in [1.82, 2.24) is 5.32 Å². The van der Waals surface area contributed by atoms with Gasteiger partial charge in [0, 0.05) is 0 Å². The van der Waals surface area contributed by atoms with Gasteiger partial charge in [0.1, 0.15) is 12.2 Å². The molecule has 6 nitrogen and oxygen atoms in total. The fourth-order valence-corrected chi connectivity index (χ4v) is 7.11. The summed E-state index contributed by atoms with van der Waals surface area (Å²) in [7, 11) is 0. The number of hydrogen-bond acceptors (Lipinski definition) is 5. The van der Waals surface area contributed by atoms with E-state index in [1.54, 1.807) is 0 Å². The summed E-state index contributed by atoms with van der Waals surface area (Å²) in [5.41, 5.74) is 0. The van der Waals surface area contributed by atoms with E-state index >= 15 is 0 Å². The highest BCUT2D eigenvalue weighted by Gasteiger charge is 2.28. The first-order valence-electron chi connectivity index (χ1n) is 22.6. The van der Waals surface area contributed by atoms with Gasteiger partial charge in [0.2, 0.25) is 5.91 Å². The molecule has 0 aliphatic heterocycles. The largest absolute Gasteiger partial charge is 0.394 e. The number of aliphatic hydroxyl groups is 4. The minimum atomic E-state index is -1.28. The van der Waals surface area contributed by atoms with Gasteiger partial charge in [-0.15, -0.1) is 0 Å². The molecule has 0 aromatic carbocycles. The van der Waals surface area contributed by atoms with Gasteiger partial charge in [-0.2, -0.15) is 0 Å². The Morgan fingerprint density at radius 1 is 0.471 bits per heavy atom. The predicted molar refractivity (Wildman–Crippen MR) is 219 cm³/mol. The van der Waals surface area contributed by atoms with Crippen LogP contribution in [-0.4, -0.2) is 57.3 Å². The molecule has 5 N–H and O–H groups in total. The summed E-state index contributed by atoms with van der Waals surface area (Å²) in [5.74, 6) is -0.591. The number of allylic oxidation sites excluding steroid dienone is 2. The Hall–Kier alpha value is -0.950. The van der Waals surface area contributed by atoms with Gasteiger partial charge in [0.25, 0.3) is 0 Å². The average Bonchev–Trinajstić information content (AvgIpc) is 3.13. The average molecular weight is 724 g/mol. The fourth-order valence-electron chi connectivity index (χ4n) is 7.11. The monoisotopic (exact) mass is 724 g/mol. The first-order chi connectivity index (χ1) is 25.0. The Morgan fingerprint density at radius 3 is 1.18 bits per heavy atom. The molecule has 0 aliphatic rings. The number of carbonyl (C=O) groups excluding carboxylic acids is 1.